The van der Waals surface area contributed by atoms with Crippen molar-refractivity contribution >= 4 is 11.6 Å². The number of halogens is 1. The van der Waals surface area contributed by atoms with Gasteiger partial charge in [-0.3, -0.25) is 0 Å². The van der Waals surface area contributed by atoms with Gasteiger partial charge < -0.3 is 4.74 Å². The number of hydrogen-bond donors (Lipinski definition) is 0. The van der Waals surface area contributed by atoms with Crippen molar-refractivity contribution < 1.29 is 4.74 Å². The van der Waals surface area contributed by atoms with Crippen molar-refractivity contribution in [3.8, 4) is 0 Å². The number of ether oxygens (including phenoxy) is 1. The summed E-state index contributed by atoms with van der Waals surface area (Å²) >= 11 is 5.33. The van der Waals surface area contributed by atoms with Crippen LogP contribution in [-0.4, -0.2) is 12.5 Å². The van der Waals surface area contributed by atoms with E-state index in [0.717, 1.165) is 0 Å². The lowest BCUT2D eigenvalue weighted by Gasteiger charge is -1.89. The van der Waals surface area contributed by atoms with Gasteiger partial charge in [-0.15, -0.1) is 11.6 Å². The minimum Gasteiger partial charge on any atom is -0.372 e. The fourth-order valence-corrected chi connectivity index (χ4v) is 0.409. The maximum atomic E-state index is 5.33. The molecule has 2 heteroatoms. The Kier molecular flexibility index (Phi) is 6.98. The molecule has 0 saturated carbocycles. The highest BCUT2D eigenvalue weighted by atomic mass is 35.5. The lowest BCUT2D eigenvalue weighted by molar-refractivity contribution is 0.239. The molecule has 0 unspecified atom stereocenters. The highest BCUT2D eigenvalue weighted by molar-refractivity contribution is 6.18. The minimum absolute atomic E-state index is 0.563. The summed E-state index contributed by atoms with van der Waals surface area (Å²) in [4.78, 5) is 0. The number of alkyl halides is 1. The molecule has 0 amide bonds. The third-order valence-corrected chi connectivity index (χ3v) is 0.793. The van der Waals surface area contributed by atoms with Crippen molar-refractivity contribution in [2.75, 3.05) is 12.5 Å². The van der Waals surface area contributed by atoms with Crippen LogP contribution < -0.4 is 0 Å². The molecule has 1 radical (unpaired) electrons. The van der Waals surface area contributed by atoms with Gasteiger partial charge in [0, 0.05) is 5.88 Å². The summed E-state index contributed by atoms with van der Waals surface area (Å²) in [5.74, 6) is 0.563. The zero-order chi connectivity index (χ0) is 6.24. The van der Waals surface area contributed by atoms with Gasteiger partial charge in [-0.1, -0.05) is 12.2 Å². The van der Waals surface area contributed by atoms with E-state index in [1.54, 1.807) is 6.61 Å². The molecular formula is C6H10ClO. The molecule has 0 spiro atoms. The fraction of sp³-hybridized carbons (Fsp3) is 0.500. The van der Waals surface area contributed by atoms with Crippen LogP contribution in [0.25, 0.3) is 0 Å². The third-order valence-electron chi connectivity index (χ3n) is 0.615. The van der Waals surface area contributed by atoms with Gasteiger partial charge in [0.05, 0.1) is 13.2 Å². The summed E-state index contributed by atoms with van der Waals surface area (Å²) in [6, 6.07) is 0. The van der Waals surface area contributed by atoms with Crippen LogP contribution in [0.2, 0.25) is 0 Å². The fourth-order valence-electron chi connectivity index (χ4n) is 0.283. The Hall–Kier alpha value is -0.0100. The van der Waals surface area contributed by atoms with Gasteiger partial charge >= 0.3 is 0 Å². The van der Waals surface area contributed by atoms with Crippen LogP contribution in [0.3, 0.4) is 0 Å². The van der Waals surface area contributed by atoms with Crippen LogP contribution in [0, 0.1) is 6.61 Å². The van der Waals surface area contributed by atoms with Crippen molar-refractivity contribution in [2.45, 2.75) is 6.92 Å². The van der Waals surface area contributed by atoms with Crippen LogP contribution in [0.4, 0.5) is 0 Å². The van der Waals surface area contributed by atoms with Crippen LogP contribution in [-0.2, 0) is 4.74 Å². The minimum atomic E-state index is 0.563. The Morgan fingerprint density at radius 3 is 2.75 bits per heavy atom. The molecule has 0 saturated heterocycles. The molecule has 0 aromatic carbocycles. The lowest BCUT2D eigenvalue weighted by Crippen LogP contribution is -1.82. The quantitative estimate of drug-likeness (QED) is 0.324. The summed E-state index contributed by atoms with van der Waals surface area (Å²) < 4.78 is 4.87. The van der Waals surface area contributed by atoms with Gasteiger partial charge in [0.2, 0.25) is 0 Å². The molecular weight excluding hydrogens is 124 g/mol. The van der Waals surface area contributed by atoms with Crippen LogP contribution in [0.1, 0.15) is 6.92 Å². The Labute approximate surface area is 55.3 Å². The van der Waals surface area contributed by atoms with Gasteiger partial charge in [-0.05, 0) is 6.92 Å². The predicted molar refractivity (Wildman–Crippen MR) is 35.8 cm³/mol. The largest absolute Gasteiger partial charge is 0.372 e. The molecule has 0 aromatic heterocycles. The lowest BCUT2D eigenvalue weighted by atomic mass is 10.5. The molecule has 0 heterocycles. The second-order valence-electron chi connectivity index (χ2n) is 1.19. The zero-order valence-electron chi connectivity index (χ0n) is 4.93. The normalized spacial score (nSPS) is 10.8. The van der Waals surface area contributed by atoms with Gasteiger partial charge in [0.1, 0.15) is 0 Å². The van der Waals surface area contributed by atoms with E-state index in [9.17, 15) is 0 Å². The SMILES string of the molecule is C[CH]OC/C=C/CCl. The van der Waals surface area contributed by atoms with E-state index in [2.05, 4.69) is 0 Å². The molecule has 0 fully saturated rings. The first kappa shape index (κ1) is 7.99. The van der Waals surface area contributed by atoms with E-state index >= 15 is 0 Å². The monoisotopic (exact) mass is 133 g/mol. The molecule has 1 nitrogen and oxygen atoms in total. The van der Waals surface area contributed by atoms with Gasteiger partial charge in [0.15, 0.2) is 0 Å². The number of rotatable bonds is 4. The van der Waals surface area contributed by atoms with Gasteiger partial charge in [-0.2, -0.15) is 0 Å². The van der Waals surface area contributed by atoms with E-state index < -0.39 is 0 Å². The van der Waals surface area contributed by atoms with Gasteiger partial charge in [-0.25, -0.2) is 0 Å². The van der Waals surface area contributed by atoms with E-state index in [1.807, 2.05) is 19.1 Å². The molecule has 0 aliphatic rings. The van der Waals surface area contributed by atoms with E-state index in [-0.39, 0.29) is 0 Å². The summed E-state index contributed by atoms with van der Waals surface area (Å²) in [5.41, 5.74) is 0. The summed E-state index contributed by atoms with van der Waals surface area (Å²) in [5, 5.41) is 0. The average molecular weight is 134 g/mol. The first-order chi connectivity index (χ1) is 3.91. The van der Waals surface area contributed by atoms with Crippen molar-refractivity contribution in [1.82, 2.24) is 0 Å². The van der Waals surface area contributed by atoms with Crippen molar-refractivity contribution in [3.05, 3.63) is 18.8 Å². The van der Waals surface area contributed by atoms with Crippen LogP contribution >= 0.6 is 11.6 Å². The zero-order valence-corrected chi connectivity index (χ0v) is 5.69. The van der Waals surface area contributed by atoms with E-state index in [4.69, 9.17) is 16.3 Å². The Balaban J connectivity index is 2.80. The standard InChI is InChI=1S/C6H10ClO/c1-2-8-6-4-3-5-7/h2-4H,5-6H2,1H3/b4-3+. The Bertz CT molecular complexity index is 61.5. The third kappa shape index (κ3) is 5.99. The molecule has 0 N–H and O–H groups in total. The number of hydrogen-bond acceptors (Lipinski definition) is 1. The molecule has 0 rings (SSSR count). The highest BCUT2D eigenvalue weighted by Gasteiger charge is 1.73. The molecule has 0 aromatic rings. The number of allylic oxidation sites excluding steroid dienone is 1. The molecule has 0 bridgehead atoms. The second-order valence-corrected chi connectivity index (χ2v) is 1.50. The van der Waals surface area contributed by atoms with Crippen molar-refractivity contribution in [2.24, 2.45) is 0 Å². The molecule has 0 atom stereocenters. The van der Waals surface area contributed by atoms with Crippen molar-refractivity contribution in [3.63, 3.8) is 0 Å². The van der Waals surface area contributed by atoms with Crippen LogP contribution in [0.15, 0.2) is 12.2 Å². The maximum absolute atomic E-state index is 5.33. The topological polar surface area (TPSA) is 9.23 Å². The van der Waals surface area contributed by atoms with Gasteiger partial charge in [0.25, 0.3) is 0 Å². The molecule has 47 valence electrons. The Morgan fingerprint density at radius 1 is 1.50 bits per heavy atom. The smallest absolute Gasteiger partial charge is 0.0810 e. The van der Waals surface area contributed by atoms with Crippen molar-refractivity contribution in [1.29, 1.82) is 0 Å². The maximum Gasteiger partial charge on any atom is 0.0810 e. The summed E-state index contributed by atoms with van der Waals surface area (Å²) in [7, 11) is 0. The summed E-state index contributed by atoms with van der Waals surface area (Å²) in [6.07, 6.45) is 3.73. The van der Waals surface area contributed by atoms with E-state index in [0.29, 0.717) is 12.5 Å². The molecule has 8 heavy (non-hydrogen) atoms. The van der Waals surface area contributed by atoms with E-state index in [1.165, 1.54) is 0 Å². The molecule has 0 aliphatic heterocycles. The predicted octanol–water partition coefficient (Wildman–Crippen LogP) is 1.98. The first-order valence-electron chi connectivity index (χ1n) is 2.52. The second kappa shape index (κ2) is 6.99. The highest BCUT2D eigenvalue weighted by Crippen LogP contribution is 1.81. The van der Waals surface area contributed by atoms with Crippen LogP contribution in [0.5, 0.6) is 0 Å². The molecule has 0 aliphatic carbocycles. The Morgan fingerprint density at radius 2 is 2.25 bits per heavy atom. The first-order valence-corrected chi connectivity index (χ1v) is 3.05. The summed E-state index contributed by atoms with van der Waals surface area (Å²) in [6.45, 7) is 4.12. The average Bonchev–Trinajstić information content (AvgIpc) is 1.81.